The van der Waals surface area contributed by atoms with Crippen LogP contribution in [0.2, 0.25) is 5.02 Å². The van der Waals surface area contributed by atoms with Gasteiger partial charge in [0.05, 0.1) is 22.6 Å². The SMILES string of the molecule is Cc1ccc(N(CCCN2CC3CN(C(=O)c4c(C)nn(-c5ccccc5)c4C)CC3C2)C(=O)O)cc1Cl.FC1(F)CCCCC1. The van der Waals surface area contributed by atoms with E-state index in [1.807, 2.05) is 66.8 Å². The minimum Gasteiger partial charge on any atom is -0.465 e. The van der Waals surface area contributed by atoms with Crippen LogP contribution in [0.5, 0.6) is 0 Å². The lowest BCUT2D eigenvalue weighted by Gasteiger charge is -2.24. The number of alkyl halides is 2. The van der Waals surface area contributed by atoms with Crippen molar-refractivity contribution in [3.05, 3.63) is 76.1 Å². The van der Waals surface area contributed by atoms with Gasteiger partial charge in [-0.2, -0.15) is 5.10 Å². The Labute approximate surface area is 274 Å². The number of rotatable bonds is 7. The van der Waals surface area contributed by atoms with Gasteiger partial charge in [0.1, 0.15) is 0 Å². The van der Waals surface area contributed by atoms with E-state index < -0.39 is 12.0 Å². The lowest BCUT2D eigenvalue weighted by Crippen LogP contribution is -2.35. The summed E-state index contributed by atoms with van der Waals surface area (Å²) in [5, 5.41) is 14.9. The number of anilines is 1. The molecule has 0 bridgehead atoms. The highest BCUT2D eigenvalue weighted by atomic mass is 35.5. The summed E-state index contributed by atoms with van der Waals surface area (Å²) in [7, 11) is 0. The topological polar surface area (TPSA) is 81.9 Å². The van der Waals surface area contributed by atoms with Crippen molar-refractivity contribution in [2.45, 2.75) is 65.2 Å². The zero-order valence-electron chi connectivity index (χ0n) is 26.9. The van der Waals surface area contributed by atoms with Gasteiger partial charge >= 0.3 is 6.09 Å². The predicted octanol–water partition coefficient (Wildman–Crippen LogP) is 7.62. The Kier molecular flexibility index (Phi) is 10.7. The minimum atomic E-state index is -2.32. The number of fused-ring (bicyclic) bond motifs is 1. The maximum atomic E-state index is 13.5. The first kappa shape index (κ1) is 33.9. The fourth-order valence-electron chi connectivity index (χ4n) is 6.98. The highest BCUT2D eigenvalue weighted by Gasteiger charge is 2.42. The lowest BCUT2D eigenvalue weighted by molar-refractivity contribution is -0.0337. The number of aryl methyl sites for hydroxylation is 2. The molecule has 2 aromatic carbocycles. The molecule has 2 aliphatic heterocycles. The Bertz CT molecular complexity index is 1510. The average Bonchev–Trinajstić information content (AvgIpc) is 3.68. The van der Waals surface area contributed by atoms with Crippen molar-refractivity contribution in [2.75, 3.05) is 44.2 Å². The van der Waals surface area contributed by atoms with E-state index >= 15 is 0 Å². The van der Waals surface area contributed by atoms with Gasteiger partial charge in [0.25, 0.3) is 5.91 Å². The number of carbonyl (C=O) groups is 2. The van der Waals surface area contributed by atoms with Crippen molar-refractivity contribution in [3.8, 4) is 5.69 Å². The second-order valence-electron chi connectivity index (χ2n) is 12.9. The monoisotopic (exact) mass is 655 g/mol. The molecule has 0 spiro atoms. The fourth-order valence-corrected chi connectivity index (χ4v) is 7.15. The highest BCUT2D eigenvalue weighted by Crippen LogP contribution is 2.34. The number of hydrogen-bond donors (Lipinski definition) is 1. The third kappa shape index (κ3) is 7.89. The van der Waals surface area contributed by atoms with Crippen LogP contribution in [0.1, 0.15) is 65.8 Å². The molecule has 1 aromatic heterocycles. The molecule has 3 fully saturated rings. The molecule has 3 aliphatic rings. The first-order chi connectivity index (χ1) is 21.9. The van der Waals surface area contributed by atoms with Crippen molar-refractivity contribution in [2.24, 2.45) is 11.8 Å². The Morgan fingerprint density at radius 1 is 0.978 bits per heavy atom. The second-order valence-corrected chi connectivity index (χ2v) is 13.3. The molecule has 2 amide bonds. The zero-order valence-corrected chi connectivity index (χ0v) is 27.6. The van der Waals surface area contributed by atoms with Crippen LogP contribution in [-0.4, -0.2) is 81.9 Å². The van der Waals surface area contributed by atoms with Crippen LogP contribution in [0.3, 0.4) is 0 Å². The predicted molar refractivity (Wildman–Crippen MR) is 177 cm³/mol. The largest absolute Gasteiger partial charge is 0.465 e. The van der Waals surface area contributed by atoms with Crippen LogP contribution in [0.25, 0.3) is 5.69 Å². The number of halogens is 3. The molecule has 46 heavy (non-hydrogen) atoms. The molecule has 1 aliphatic carbocycles. The molecule has 8 nitrogen and oxygen atoms in total. The smallest absolute Gasteiger partial charge is 0.411 e. The van der Waals surface area contributed by atoms with Crippen LogP contribution in [0.15, 0.2) is 48.5 Å². The summed E-state index contributed by atoms with van der Waals surface area (Å²) in [4.78, 5) is 31.1. The Hall–Kier alpha value is -3.50. The number of aromatic nitrogens is 2. The van der Waals surface area contributed by atoms with E-state index in [0.717, 1.165) is 68.2 Å². The third-order valence-electron chi connectivity index (χ3n) is 9.49. The van der Waals surface area contributed by atoms with Crippen molar-refractivity contribution in [3.63, 3.8) is 0 Å². The normalized spacial score (nSPS) is 20.6. The van der Waals surface area contributed by atoms with Crippen molar-refractivity contribution < 1.29 is 23.5 Å². The van der Waals surface area contributed by atoms with E-state index in [9.17, 15) is 23.5 Å². The molecular formula is C35H44ClF2N5O3. The molecule has 1 N–H and O–H groups in total. The summed E-state index contributed by atoms with van der Waals surface area (Å²) in [5.74, 6) is -1.37. The molecule has 0 radical (unpaired) electrons. The van der Waals surface area contributed by atoms with Gasteiger partial charge in [-0.05, 0) is 88.2 Å². The Morgan fingerprint density at radius 2 is 1.63 bits per heavy atom. The molecule has 3 heterocycles. The summed E-state index contributed by atoms with van der Waals surface area (Å²) in [6.07, 6.45) is 2.42. The van der Waals surface area contributed by atoms with E-state index in [0.29, 0.717) is 47.5 Å². The van der Waals surface area contributed by atoms with E-state index in [-0.39, 0.29) is 18.7 Å². The van der Waals surface area contributed by atoms with Crippen LogP contribution in [-0.2, 0) is 0 Å². The number of nitrogens with zero attached hydrogens (tertiary/aromatic N) is 5. The van der Waals surface area contributed by atoms with Gasteiger partial charge in [0, 0.05) is 56.3 Å². The maximum Gasteiger partial charge on any atom is 0.411 e. The van der Waals surface area contributed by atoms with Crippen molar-refractivity contribution in [1.29, 1.82) is 0 Å². The number of hydrogen-bond acceptors (Lipinski definition) is 4. The second kappa shape index (κ2) is 14.5. The summed E-state index contributed by atoms with van der Waals surface area (Å²) in [6, 6.07) is 15.3. The lowest BCUT2D eigenvalue weighted by atomic mass is 9.97. The molecule has 1 saturated carbocycles. The molecule has 6 rings (SSSR count). The number of likely N-dealkylation sites (tertiary alicyclic amines) is 2. The number of amides is 2. The summed E-state index contributed by atoms with van der Waals surface area (Å²) in [5.41, 5.74) is 4.81. The quantitative estimate of drug-likeness (QED) is 0.283. The number of para-hydroxylation sites is 1. The van der Waals surface area contributed by atoms with Crippen LogP contribution in [0, 0.1) is 32.6 Å². The van der Waals surface area contributed by atoms with Crippen molar-refractivity contribution >= 4 is 29.3 Å². The summed E-state index contributed by atoms with van der Waals surface area (Å²) < 4.78 is 26.3. The number of benzene rings is 2. The van der Waals surface area contributed by atoms with Crippen LogP contribution in [0.4, 0.5) is 19.3 Å². The van der Waals surface area contributed by atoms with E-state index in [1.54, 1.807) is 12.1 Å². The third-order valence-corrected chi connectivity index (χ3v) is 9.90. The standard InChI is InChI=1S/C29H34ClN5O3.C6H10F2/c1-19-10-11-25(14-26(19)30)34(29(37)38)13-7-12-32-15-22-17-33(18-23(22)16-32)28(36)27-20(2)31-35(21(27)3)24-8-5-4-6-9-24;7-6(8)4-2-1-3-5-6/h4-6,8-11,14,22-23H,7,12-13,15-18H2,1-3H3,(H,37,38);1-5H2. The first-order valence-electron chi connectivity index (χ1n) is 16.2. The molecule has 2 atom stereocenters. The van der Waals surface area contributed by atoms with Gasteiger partial charge in [-0.15, -0.1) is 0 Å². The van der Waals surface area contributed by atoms with E-state index in [1.165, 1.54) is 4.90 Å². The van der Waals surface area contributed by atoms with Gasteiger partial charge in [-0.25, -0.2) is 18.3 Å². The molecule has 2 saturated heterocycles. The van der Waals surface area contributed by atoms with Crippen LogP contribution >= 0.6 is 11.6 Å². The summed E-state index contributed by atoms with van der Waals surface area (Å²) >= 11 is 6.21. The van der Waals surface area contributed by atoms with Gasteiger partial charge in [-0.3, -0.25) is 9.69 Å². The van der Waals surface area contributed by atoms with E-state index in [2.05, 4.69) is 10.00 Å². The zero-order chi connectivity index (χ0) is 33.0. The van der Waals surface area contributed by atoms with Crippen LogP contribution < -0.4 is 4.90 Å². The Balaban J connectivity index is 0.000000455. The van der Waals surface area contributed by atoms with Gasteiger partial charge in [0.2, 0.25) is 5.92 Å². The van der Waals surface area contributed by atoms with Gasteiger partial charge in [0.15, 0.2) is 0 Å². The molecule has 3 aromatic rings. The fraction of sp³-hybridized carbons (Fsp3) is 0.514. The van der Waals surface area contributed by atoms with Crippen molar-refractivity contribution in [1.82, 2.24) is 19.6 Å². The minimum absolute atomic E-state index is 0.0667. The molecule has 11 heteroatoms. The molecule has 248 valence electrons. The average molecular weight is 656 g/mol. The van der Waals surface area contributed by atoms with E-state index in [4.69, 9.17) is 11.6 Å². The number of carbonyl (C=O) groups excluding carboxylic acids is 1. The van der Waals surface area contributed by atoms with Gasteiger partial charge < -0.3 is 14.9 Å². The molecular weight excluding hydrogens is 612 g/mol. The number of carboxylic acid groups (broad SMARTS) is 1. The molecule has 2 unspecified atom stereocenters. The first-order valence-corrected chi connectivity index (χ1v) is 16.6. The highest BCUT2D eigenvalue weighted by molar-refractivity contribution is 6.31. The Morgan fingerprint density at radius 3 is 2.20 bits per heavy atom. The summed E-state index contributed by atoms with van der Waals surface area (Å²) in [6.45, 7) is 10.4. The van der Waals surface area contributed by atoms with Gasteiger partial charge in [-0.1, -0.05) is 42.3 Å². The maximum absolute atomic E-state index is 13.5.